The molecule has 1 saturated carbocycles. The molecule has 0 aromatic carbocycles. The molecule has 1 rings (SSSR count). The second kappa shape index (κ2) is 5.67. The summed E-state index contributed by atoms with van der Waals surface area (Å²) in [5, 5.41) is 12.3. The molecule has 6 heteroatoms. The lowest BCUT2D eigenvalue weighted by Crippen LogP contribution is -2.32. The van der Waals surface area contributed by atoms with Gasteiger partial charge in [-0.2, -0.15) is 13.2 Å². The summed E-state index contributed by atoms with van der Waals surface area (Å²) >= 11 is 0. The Morgan fingerprint density at radius 2 is 2.07 bits per heavy atom. The van der Waals surface area contributed by atoms with Gasteiger partial charge in [0.05, 0.1) is 25.7 Å². The predicted octanol–water partition coefficient (Wildman–Crippen LogP) is 1.07. The maximum Gasteiger partial charge on any atom is 0.391 e. The Balaban J connectivity index is 1.89. The Hall–Kier alpha value is -0.330. The summed E-state index contributed by atoms with van der Waals surface area (Å²) in [4.78, 5) is 0. The zero-order valence-electron chi connectivity index (χ0n) is 8.39. The quantitative estimate of drug-likeness (QED) is 0.639. The van der Waals surface area contributed by atoms with Crippen molar-refractivity contribution < 1.29 is 23.0 Å². The summed E-state index contributed by atoms with van der Waals surface area (Å²) in [6, 6.07) is 0.481. The van der Waals surface area contributed by atoms with Crippen molar-refractivity contribution in [2.45, 2.75) is 37.6 Å². The van der Waals surface area contributed by atoms with Crippen molar-refractivity contribution in [3.63, 3.8) is 0 Å². The largest absolute Gasteiger partial charge is 0.391 e. The van der Waals surface area contributed by atoms with Crippen LogP contribution >= 0.6 is 0 Å². The standard InChI is InChI=1S/C9H16F3NO2/c10-9(11,12)3-4-15-6-8(14)5-13-7-1-2-7/h7-8,13-14H,1-6H2. The van der Waals surface area contributed by atoms with Gasteiger partial charge < -0.3 is 15.2 Å². The lowest BCUT2D eigenvalue weighted by atomic mass is 10.3. The Labute approximate surface area is 86.6 Å². The van der Waals surface area contributed by atoms with Crippen LogP contribution in [0.2, 0.25) is 0 Å². The number of hydrogen-bond donors (Lipinski definition) is 2. The molecule has 0 heterocycles. The minimum Gasteiger partial charge on any atom is -0.389 e. The summed E-state index contributed by atoms with van der Waals surface area (Å²) in [5.74, 6) is 0. The fourth-order valence-corrected chi connectivity index (χ4v) is 1.06. The van der Waals surface area contributed by atoms with E-state index in [-0.39, 0.29) is 13.2 Å². The molecule has 3 nitrogen and oxygen atoms in total. The van der Waals surface area contributed by atoms with Gasteiger partial charge in [-0.05, 0) is 12.8 Å². The average Bonchev–Trinajstić information content (AvgIpc) is 2.91. The van der Waals surface area contributed by atoms with E-state index in [0.717, 1.165) is 12.8 Å². The summed E-state index contributed by atoms with van der Waals surface area (Å²) in [6.45, 7) is -0.0452. The van der Waals surface area contributed by atoms with E-state index in [4.69, 9.17) is 4.74 Å². The molecule has 1 atom stereocenters. The molecule has 0 aromatic rings. The number of hydrogen-bond acceptors (Lipinski definition) is 3. The van der Waals surface area contributed by atoms with Crippen LogP contribution in [-0.2, 0) is 4.74 Å². The molecule has 1 unspecified atom stereocenters. The van der Waals surface area contributed by atoms with Gasteiger partial charge in [-0.3, -0.25) is 0 Å². The smallest absolute Gasteiger partial charge is 0.389 e. The predicted molar refractivity (Wildman–Crippen MR) is 48.5 cm³/mol. The lowest BCUT2D eigenvalue weighted by molar-refractivity contribution is -0.147. The van der Waals surface area contributed by atoms with Crippen LogP contribution in [0.4, 0.5) is 13.2 Å². The van der Waals surface area contributed by atoms with Gasteiger partial charge in [-0.15, -0.1) is 0 Å². The monoisotopic (exact) mass is 227 g/mol. The molecular formula is C9H16F3NO2. The lowest BCUT2D eigenvalue weighted by Gasteiger charge is -2.12. The van der Waals surface area contributed by atoms with E-state index in [1.165, 1.54) is 0 Å². The van der Waals surface area contributed by atoms with Crippen LogP contribution in [0.1, 0.15) is 19.3 Å². The Morgan fingerprint density at radius 1 is 1.40 bits per heavy atom. The van der Waals surface area contributed by atoms with Crippen molar-refractivity contribution >= 4 is 0 Å². The maximum absolute atomic E-state index is 11.7. The molecule has 2 N–H and O–H groups in total. The number of alkyl halides is 3. The third kappa shape index (κ3) is 7.58. The molecule has 90 valence electrons. The first-order valence-corrected chi connectivity index (χ1v) is 5.03. The number of halogens is 3. The molecule has 0 radical (unpaired) electrons. The van der Waals surface area contributed by atoms with Crippen molar-refractivity contribution in [2.24, 2.45) is 0 Å². The van der Waals surface area contributed by atoms with E-state index in [9.17, 15) is 18.3 Å². The summed E-state index contributed by atoms with van der Waals surface area (Å²) in [6.07, 6.45) is -3.64. The van der Waals surface area contributed by atoms with E-state index < -0.39 is 18.7 Å². The zero-order chi connectivity index (χ0) is 11.3. The molecule has 1 fully saturated rings. The minimum absolute atomic E-state index is 0.0458. The normalized spacial score (nSPS) is 19.2. The Morgan fingerprint density at radius 3 is 2.60 bits per heavy atom. The van der Waals surface area contributed by atoms with Gasteiger partial charge in [0.2, 0.25) is 0 Å². The third-order valence-corrected chi connectivity index (χ3v) is 2.06. The average molecular weight is 227 g/mol. The maximum atomic E-state index is 11.7. The van der Waals surface area contributed by atoms with E-state index in [2.05, 4.69) is 5.32 Å². The molecule has 15 heavy (non-hydrogen) atoms. The first-order valence-electron chi connectivity index (χ1n) is 5.03. The second-order valence-electron chi connectivity index (χ2n) is 3.78. The highest BCUT2D eigenvalue weighted by Gasteiger charge is 2.26. The van der Waals surface area contributed by atoms with E-state index >= 15 is 0 Å². The van der Waals surface area contributed by atoms with Gasteiger partial charge in [0.1, 0.15) is 0 Å². The van der Waals surface area contributed by atoms with Crippen LogP contribution in [0.5, 0.6) is 0 Å². The SMILES string of the molecule is OC(CNC1CC1)COCCC(F)(F)F. The van der Waals surface area contributed by atoms with Crippen molar-refractivity contribution in [2.75, 3.05) is 19.8 Å². The highest BCUT2D eigenvalue weighted by atomic mass is 19.4. The first-order chi connectivity index (χ1) is 6.97. The summed E-state index contributed by atoms with van der Waals surface area (Å²) < 4.78 is 39.8. The molecule has 0 aromatic heterocycles. The number of aliphatic hydroxyl groups is 1. The van der Waals surface area contributed by atoms with E-state index in [1.807, 2.05) is 0 Å². The van der Waals surface area contributed by atoms with Crippen LogP contribution in [0.25, 0.3) is 0 Å². The van der Waals surface area contributed by atoms with Crippen molar-refractivity contribution in [3.8, 4) is 0 Å². The zero-order valence-corrected chi connectivity index (χ0v) is 8.39. The second-order valence-corrected chi connectivity index (χ2v) is 3.78. The fraction of sp³-hybridized carbons (Fsp3) is 1.00. The van der Waals surface area contributed by atoms with Crippen LogP contribution in [0.3, 0.4) is 0 Å². The van der Waals surface area contributed by atoms with Gasteiger partial charge in [0, 0.05) is 12.6 Å². The molecule has 0 bridgehead atoms. The third-order valence-electron chi connectivity index (χ3n) is 2.06. The van der Waals surface area contributed by atoms with Crippen LogP contribution < -0.4 is 5.32 Å². The van der Waals surface area contributed by atoms with Crippen molar-refractivity contribution in [1.29, 1.82) is 0 Å². The molecule has 1 aliphatic rings. The minimum atomic E-state index is -4.18. The van der Waals surface area contributed by atoms with Gasteiger partial charge >= 0.3 is 6.18 Å². The molecule has 0 amide bonds. The highest BCUT2D eigenvalue weighted by molar-refractivity contribution is 4.81. The van der Waals surface area contributed by atoms with Crippen molar-refractivity contribution in [3.05, 3.63) is 0 Å². The van der Waals surface area contributed by atoms with Crippen molar-refractivity contribution in [1.82, 2.24) is 5.32 Å². The number of rotatable bonds is 7. The molecule has 0 saturated heterocycles. The summed E-state index contributed by atoms with van der Waals surface area (Å²) in [7, 11) is 0. The molecule has 0 spiro atoms. The summed E-state index contributed by atoms with van der Waals surface area (Å²) in [5.41, 5.74) is 0. The Bertz CT molecular complexity index is 183. The van der Waals surface area contributed by atoms with E-state index in [1.54, 1.807) is 0 Å². The fourth-order valence-electron chi connectivity index (χ4n) is 1.06. The molecular weight excluding hydrogens is 211 g/mol. The topological polar surface area (TPSA) is 41.5 Å². The van der Waals surface area contributed by atoms with Crippen LogP contribution in [0, 0.1) is 0 Å². The number of ether oxygens (including phenoxy) is 1. The molecule has 0 aliphatic heterocycles. The van der Waals surface area contributed by atoms with Crippen LogP contribution in [-0.4, -0.2) is 43.2 Å². The number of aliphatic hydroxyl groups excluding tert-OH is 1. The van der Waals surface area contributed by atoms with Gasteiger partial charge in [-0.25, -0.2) is 0 Å². The van der Waals surface area contributed by atoms with Gasteiger partial charge in [-0.1, -0.05) is 0 Å². The van der Waals surface area contributed by atoms with Gasteiger partial charge in [0.15, 0.2) is 0 Å². The van der Waals surface area contributed by atoms with Gasteiger partial charge in [0.25, 0.3) is 0 Å². The molecule has 1 aliphatic carbocycles. The first kappa shape index (κ1) is 12.7. The van der Waals surface area contributed by atoms with E-state index in [0.29, 0.717) is 12.6 Å². The Kier molecular flexibility index (Phi) is 4.82. The number of nitrogens with one attached hydrogen (secondary N) is 1. The highest BCUT2D eigenvalue weighted by Crippen LogP contribution is 2.19. The van der Waals surface area contributed by atoms with Crippen LogP contribution in [0.15, 0.2) is 0 Å².